The van der Waals surface area contributed by atoms with Crippen LogP contribution >= 0.6 is 0 Å². The fourth-order valence-corrected chi connectivity index (χ4v) is 2.56. The molecule has 0 spiro atoms. The number of rotatable bonds is 1. The van der Waals surface area contributed by atoms with Crippen LogP contribution in [0, 0.1) is 0 Å². The largest absolute Gasteiger partial charge is 0.0629 e. The smallest absolute Gasteiger partial charge is 0.0178 e. The van der Waals surface area contributed by atoms with Gasteiger partial charge in [-0.2, -0.15) is 0 Å². The zero-order valence-corrected chi connectivity index (χ0v) is 9.45. The highest BCUT2D eigenvalue weighted by atomic mass is 14.2. The minimum absolute atomic E-state index is 1.30. The third kappa shape index (κ3) is 1.76. The molecular weight excluding hydrogens is 192 g/mol. The molecule has 2 aliphatic carbocycles. The van der Waals surface area contributed by atoms with E-state index >= 15 is 0 Å². The Morgan fingerprint density at radius 2 is 1.56 bits per heavy atom. The Morgan fingerprint density at radius 3 is 2.31 bits per heavy atom. The maximum Gasteiger partial charge on any atom is -0.0178 e. The molecule has 0 heteroatoms. The second kappa shape index (κ2) is 4.13. The van der Waals surface area contributed by atoms with Crippen molar-refractivity contribution in [3.63, 3.8) is 0 Å². The molecule has 1 aromatic rings. The molecule has 0 saturated heterocycles. The van der Waals surface area contributed by atoms with Crippen molar-refractivity contribution >= 4 is 5.57 Å². The summed E-state index contributed by atoms with van der Waals surface area (Å²) in [6, 6.07) is 10.6. The first-order chi connectivity index (χ1) is 7.93. The molecule has 3 rings (SSSR count). The quantitative estimate of drug-likeness (QED) is 0.637. The molecule has 0 heterocycles. The van der Waals surface area contributed by atoms with E-state index in [0.717, 1.165) is 0 Å². The molecule has 0 amide bonds. The molecule has 16 heavy (non-hydrogen) atoms. The summed E-state index contributed by atoms with van der Waals surface area (Å²) in [4.78, 5) is 0. The molecule has 0 unspecified atom stereocenters. The molecule has 0 bridgehead atoms. The van der Waals surface area contributed by atoms with Gasteiger partial charge >= 0.3 is 0 Å². The van der Waals surface area contributed by atoms with E-state index in [1.54, 1.807) is 5.57 Å². The summed E-state index contributed by atoms with van der Waals surface area (Å²) in [5.74, 6) is 0. The van der Waals surface area contributed by atoms with Crippen molar-refractivity contribution in [1.29, 1.82) is 0 Å². The maximum absolute atomic E-state index is 2.34. The number of hydrogen-bond acceptors (Lipinski definition) is 0. The van der Waals surface area contributed by atoms with Crippen LogP contribution in [0.25, 0.3) is 5.57 Å². The normalized spacial score (nSPS) is 19.4. The topological polar surface area (TPSA) is 0 Å². The number of allylic oxidation sites excluding steroid dienone is 6. The van der Waals surface area contributed by atoms with Crippen molar-refractivity contribution in [3.05, 3.63) is 65.3 Å². The Balaban J connectivity index is 1.93. The highest BCUT2D eigenvalue weighted by molar-refractivity contribution is 5.81. The molecule has 0 atom stereocenters. The van der Waals surface area contributed by atoms with Crippen molar-refractivity contribution in [2.75, 3.05) is 0 Å². The van der Waals surface area contributed by atoms with E-state index in [1.807, 2.05) is 0 Å². The Labute approximate surface area is 97.0 Å². The third-order valence-corrected chi connectivity index (χ3v) is 3.48. The van der Waals surface area contributed by atoms with Gasteiger partial charge in [0.25, 0.3) is 0 Å². The van der Waals surface area contributed by atoms with Crippen LogP contribution < -0.4 is 0 Å². The average Bonchev–Trinajstić information content (AvgIpc) is 3.01. The lowest BCUT2D eigenvalue weighted by molar-refractivity contribution is 0.886. The summed E-state index contributed by atoms with van der Waals surface area (Å²) < 4.78 is 0. The van der Waals surface area contributed by atoms with Gasteiger partial charge < -0.3 is 0 Å². The summed E-state index contributed by atoms with van der Waals surface area (Å²) in [5.41, 5.74) is 5.81. The molecule has 1 fully saturated rings. The van der Waals surface area contributed by atoms with E-state index in [9.17, 15) is 0 Å². The van der Waals surface area contributed by atoms with Crippen molar-refractivity contribution in [2.24, 2.45) is 0 Å². The molecule has 80 valence electrons. The van der Waals surface area contributed by atoms with Gasteiger partial charge in [0.05, 0.1) is 0 Å². The highest BCUT2D eigenvalue weighted by Gasteiger charge is 2.13. The molecule has 0 nitrogen and oxygen atoms in total. The van der Waals surface area contributed by atoms with Crippen LogP contribution in [0.3, 0.4) is 0 Å². The van der Waals surface area contributed by atoms with Gasteiger partial charge in [0.1, 0.15) is 0 Å². The summed E-state index contributed by atoms with van der Waals surface area (Å²) in [7, 11) is 0. The first kappa shape index (κ1) is 9.65. The molecule has 0 aromatic heterocycles. The fourth-order valence-electron chi connectivity index (χ4n) is 2.56. The van der Waals surface area contributed by atoms with Gasteiger partial charge in [0.15, 0.2) is 0 Å². The molecule has 0 aliphatic heterocycles. The lowest BCUT2D eigenvalue weighted by atomic mass is 10.1. The Morgan fingerprint density at radius 1 is 0.812 bits per heavy atom. The third-order valence-electron chi connectivity index (χ3n) is 3.48. The van der Waals surface area contributed by atoms with E-state index in [2.05, 4.69) is 48.6 Å². The van der Waals surface area contributed by atoms with Gasteiger partial charge in [-0.1, -0.05) is 48.1 Å². The van der Waals surface area contributed by atoms with E-state index in [0.29, 0.717) is 0 Å². The van der Waals surface area contributed by atoms with Crippen LogP contribution in [-0.2, 0) is 0 Å². The van der Waals surface area contributed by atoms with Crippen molar-refractivity contribution in [1.82, 2.24) is 0 Å². The van der Waals surface area contributed by atoms with Crippen LogP contribution in [0.15, 0.2) is 59.7 Å². The molecule has 2 aliphatic rings. The minimum atomic E-state index is 1.30. The van der Waals surface area contributed by atoms with Crippen molar-refractivity contribution < 1.29 is 0 Å². The Bertz CT molecular complexity index is 464. The first-order valence-corrected chi connectivity index (χ1v) is 6.11. The van der Waals surface area contributed by atoms with Gasteiger partial charge in [0, 0.05) is 0 Å². The molecule has 1 aromatic carbocycles. The van der Waals surface area contributed by atoms with Gasteiger partial charge in [-0.05, 0) is 48.5 Å². The maximum atomic E-state index is 2.34. The second-order valence-corrected chi connectivity index (χ2v) is 4.57. The monoisotopic (exact) mass is 208 g/mol. The van der Waals surface area contributed by atoms with E-state index in [-0.39, 0.29) is 0 Å². The minimum Gasteiger partial charge on any atom is -0.0629 e. The predicted molar refractivity (Wildman–Crippen MR) is 69.1 cm³/mol. The SMILES string of the molecule is C1=CC(=C2CCCC2)C=C1c1ccccc1. The molecular formula is C16H16. The van der Waals surface area contributed by atoms with Crippen molar-refractivity contribution in [2.45, 2.75) is 25.7 Å². The zero-order chi connectivity index (χ0) is 10.8. The summed E-state index contributed by atoms with van der Waals surface area (Å²) in [6.07, 6.45) is 12.2. The van der Waals surface area contributed by atoms with Crippen LogP contribution in [0.1, 0.15) is 31.2 Å². The highest BCUT2D eigenvalue weighted by Crippen LogP contribution is 2.33. The van der Waals surface area contributed by atoms with Gasteiger partial charge in [0.2, 0.25) is 0 Å². The standard InChI is InChI=1S/C16H16/c1-2-6-13(7-3-1)15-10-11-16(12-15)14-8-4-5-9-14/h1-3,6-7,10-12H,4-5,8-9H2. The molecule has 1 saturated carbocycles. The Hall–Kier alpha value is -1.56. The van der Waals surface area contributed by atoms with Crippen LogP contribution in [0.5, 0.6) is 0 Å². The number of hydrogen-bond donors (Lipinski definition) is 0. The van der Waals surface area contributed by atoms with Crippen LogP contribution in [0.2, 0.25) is 0 Å². The lowest BCUT2D eigenvalue weighted by Crippen LogP contribution is -1.79. The van der Waals surface area contributed by atoms with Gasteiger partial charge in [-0.15, -0.1) is 0 Å². The molecule has 0 N–H and O–H groups in total. The summed E-state index contributed by atoms with van der Waals surface area (Å²) >= 11 is 0. The van der Waals surface area contributed by atoms with E-state index in [4.69, 9.17) is 0 Å². The summed E-state index contributed by atoms with van der Waals surface area (Å²) in [5, 5.41) is 0. The Kier molecular flexibility index (Phi) is 2.49. The fraction of sp³-hybridized carbons (Fsp3) is 0.250. The van der Waals surface area contributed by atoms with Gasteiger partial charge in [-0.25, -0.2) is 0 Å². The van der Waals surface area contributed by atoms with Crippen LogP contribution in [0.4, 0.5) is 0 Å². The molecule has 0 radical (unpaired) electrons. The zero-order valence-electron chi connectivity index (χ0n) is 9.45. The van der Waals surface area contributed by atoms with Crippen molar-refractivity contribution in [3.8, 4) is 0 Å². The first-order valence-electron chi connectivity index (χ1n) is 6.11. The summed E-state index contributed by atoms with van der Waals surface area (Å²) in [6.45, 7) is 0. The average molecular weight is 208 g/mol. The van der Waals surface area contributed by atoms with E-state index in [1.165, 1.54) is 42.4 Å². The second-order valence-electron chi connectivity index (χ2n) is 4.57. The van der Waals surface area contributed by atoms with Gasteiger partial charge in [-0.3, -0.25) is 0 Å². The lowest BCUT2D eigenvalue weighted by Gasteiger charge is -1.99. The van der Waals surface area contributed by atoms with Crippen LogP contribution in [-0.4, -0.2) is 0 Å². The number of benzene rings is 1. The predicted octanol–water partition coefficient (Wildman–Crippen LogP) is 4.51. The van der Waals surface area contributed by atoms with E-state index < -0.39 is 0 Å².